The van der Waals surface area contributed by atoms with Crippen molar-refractivity contribution < 1.29 is 14.7 Å². The highest BCUT2D eigenvalue weighted by molar-refractivity contribution is 5.97. The molecule has 0 aliphatic carbocycles. The molecule has 3 N–H and O–H groups in total. The fourth-order valence-corrected chi connectivity index (χ4v) is 1.84. The number of aromatic nitrogens is 1. The lowest BCUT2D eigenvalue weighted by atomic mass is 10.2. The average Bonchev–Trinajstić information content (AvgIpc) is 2.52. The number of rotatable bonds is 5. The first-order valence-corrected chi connectivity index (χ1v) is 6.35. The number of pyridine rings is 1. The Hall–Kier alpha value is -2.76. The van der Waals surface area contributed by atoms with E-state index in [9.17, 15) is 0 Å². The molecule has 1 heterocycles. The lowest BCUT2D eigenvalue weighted by Gasteiger charge is -2.11. The molecule has 21 heavy (non-hydrogen) atoms. The number of nitrogens with zero attached hydrogens (tertiary/aromatic N) is 2. The second-order valence-corrected chi connectivity index (χ2v) is 4.41. The second kappa shape index (κ2) is 6.60. The van der Waals surface area contributed by atoms with Crippen molar-refractivity contribution in [1.82, 2.24) is 4.98 Å². The summed E-state index contributed by atoms with van der Waals surface area (Å²) in [4.78, 5) is 4.36. The molecule has 1 aromatic carbocycles. The van der Waals surface area contributed by atoms with Crippen LogP contribution in [0.15, 0.2) is 41.6 Å². The molecular weight excluding hydrogens is 270 g/mol. The van der Waals surface area contributed by atoms with Crippen LogP contribution in [0.5, 0.6) is 11.5 Å². The molecule has 0 unspecified atom stereocenters. The molecule has 0 atom stereocenters. The Balaban J connectivity index is 2.16. The number of nitrogens with two attached hydrogens (primary N) is 1. The minimum Gasteiger partial charge on any atom is -0.493 e. The van der Waals surface area contributed by atoms with Gasteiger partial charge in [0.1, 0.15) is 6.61 Å². The normalized spacial score (nSPS) is 11.2. The summed E-state index contributed by atoms with van der Waals surface area (Å²) in [6.45, 7) is 2.26. The van der Waals surface area contributed by atoms with Crippen LogP contribution in [0.4, 0.5) is 0 Å². The number of hydrogen-bond acceptors (Lipinski definition) is 5. The SMILES string of the molecule is COc1cc(C(N)=NO)ccc1OCc1cccc(C)n1. The highest BCUT2D eigenvalue weighted by Crippen LogP contribution is 2.28. The molecule has 0 bridgehead atoms. The third-order valence-electron chi connectivity index (χ3n) is 2.89. The van der Waals surface area contributed by atoms with Crippen molar-refractivity contribution in [3.63, 3.8) is 0 Å². The van der Waals surface area contributed by atoms with E-state index in [-0.39, 0.29) is 5.84 Å². The number of benzene rings is 1. The highest BCUT2D eigenvalue weighted by atomic mass is 16.5. The molecule has 0 radical (unpaired) electrons. The Labute approximate surface area is 122 Å². The van der Waals surface area contributed by atoms with Gasteiger partial charge in [0.25, 0.3) is 0 Å². The van der Waals surface area contributed by atoms with Gasteiger partial charge in [-0.15, -0.1) is 0 Å². The largest absolute Gasteiger partial charge is 0.493 e. The van der Waals surface area contributed by atoms with Gasteiger partial charge in [-0.2, -0.15) is 0 Å². The maximum atomic E-state index is 8.68. The zero-order chi connectivity index (χ0) is 15.2. The fourth-order valence-electron chi connectivity index (χ4n) is 1.84. The Kier molecular flexibility index (Phi) is 4.61. The summed E-state index contributed by atoms with van der Waals surface area (Å²) in [5, 5.41) is 11.6. The van der Waals surface area contributed by atoms with E-state index in [0.717, 1.165) is 11.4 Å². The van der Waals surface area contributed by atoms with Gasteiger partial charge in [-0.05, 0) is 37.3 Å². The van der Waals surface area contributed by atoms with E-state index in [1.807, 2.05) is 25.1 Å². The molecule has 110 valence electrons. The Bertz CT molecular complexity index is 656. The van der Waals surface area contributed by atoms with Crippen LogP contribution in [-0.2, 0) is 6.61 Å². The molecule has 2 aromatic rings. The number of aryl methyl sites for hydroxylation is 1. The number of ether oxygens (including phenoxy) is 2. The smallest absolute Gasteiger partial charge is 0.170 e. The van der Waals surface area contributed by atoms with Crippen LogP contribution in [0.1, 0.15) is 17.0 Å². The first-order chi connectivity index (χ1) is 10.1. The zero-order valence-electron chi connectivity index (χ0n) is 11.9. The summed E-state index contributed by atoms with van der Waals surface area (Å²) in [7, 11) is 1.53. The summed E-state index contributed by atoms with van der Waals surface area (Å²) < 4.78 is 11.0. The minimum absolute atomic E-state index is 0.0141. The quantitative estimate of drug-likeness (QED) is 0.380. The molecule has 2 rings (SSSR count). The van der Waals surface area contributed by atoms with Gasteiger partial charge >= 0.3 is 0 Å². The third-order valence-corrected chi connectivity index (χ3v) is 2.89. The predicted molar refractivity (Wildman–Crippen MR) is 78.8 cm³/mol. The van der Waals surface area contributed by atoms with Crippen molar-refractivity contribution in [3.8, 4) is 11.5 Å². The third kappa shape index (κ3) is 3.62. The van der Waals surface area contributed by atoms with Crippen LogP contribution in [0.25, 0.3) is 0 Å². The fraction of sp³-hybridized carbons (Fsp3) is 0.200. The van der Waals surface area contributed by atoms with Gasteiger partial charge in [0.2, 0.25) is 0 Å². The lowest BCUT2D eigenvalue weighted by molar-refractivity contribution is 0.280. The van der Waals surface area contributed by atoms with Crippen molar-refractivity contribution in [2.24, 2.45) is 10.9 Å². The molecule has 0 spiro atoms. The predicted octanol–water partition coefficient (Wildman–Crippen LogP) is 2.07. The molecule has 6 nitrogen and oxygen atoms in total. The van der Waals surface area contributed by atoms with Gasteiger partial charge in [0, 0.05) is 11.3 Å². The van der Waals surface area contributed by atoms with Crippen molar-refractivity contribution in [1.29, 1.82) is 0 Å². The summed E-state index contributed by atoms with van der Waals surface area (Å²) in [6, 6.07) is 10.8. The first kappa shape index (κ1) is 14.6. The van der Waals surface area contributed by atoms with Crippen LogP contribution >= 0.6 is 0 Å². The highest BCUT2D eigenvalue weighted by Gasteiger charge is 2.09. The molecule has 1 aromatic heterocycles. The molecule has 0 fully saturated rings. The van der Waals surface area contributed by atoms with Crippen LogP contribution < -0.4 is 15.2 Å². The maximum absolute atomic E-state index is 8.68. The van der Waals surface area contributed by atoms with Crippen LogP contribution in [0, 0.1) is 6.92 Å². The summed E-state index contributed by atoms with van der Waals surface area (Å²) in [5.41, 5.74) is 7.86. The molecule has 6 heteroatoms. The second-order valence-electron chi connectivity index (χ2n) is 4.41. The maximum Gasteiger partial charge on any atom is 0.170 e. The van der Waals surface area contributed by atoms with Crippen LogP contribution in [0.3, 0.4) is 0 Å². The molecule has 0 saturated heterocycles. The molecule has 0 aliphatic heterocycles. The number of amidine groups is 1. The molecular formula is C15H17N3O3. The number of hydrogen-bond donors (Lipinski definition) is 2. The van der Waals surface area contributed by atoms with Crippen LogP contribution in [0.2, 0.25) is 0 Å². The van der Waals surface area contributed by atoms with Gasteiger partial charge < -0.3 is 20.4 Å². The van der Waals surface area contributed by atoms with Crippen molar-refractivity contribution in [2.75, 3.05) is 7.11 Å². The lowest BCUT2D eigenvalue weighted by Crippen LogP contribution is -2.13. The average molecular weight is 287 g/mol. The standard InChI is InChI=1S/C15H17N3O3/c1-10-4-3-5-12(17-10)9-21-13-7-6-11(15(16)18-19)8-14(13)20-2/h3-8,19H,9H2,1-2H3,(H2,16,18). The number of oxime groups is 1. The van der Waals surface area contributed by atoms with Gasteiger partial charge in [0.05, 0.1) is 12.8 Å². The minimum atomic E-state index is 0.0141. The zero-order valence-corrected chi connectivity index (χ0v) is 11.9. The van der Waals surface area contributed by atoms with Crippen molar-refractivity contribution in [2.45, 2.75) is 13.5 Å². The topological polar surface area (TPSA) is 90.0 Å². The van der Waals surface area contributed by atoms with Gasteiger partial charge in [-0.1, -0.05) is 11.2 Å². The van der Waals surface area contributed by atoms with Gasteiger partial charge in [0.15, 0.2) is 17.3 Å². The van der Waals surface area contributed by atoms with E-state index >= 15 is 0 Å². The van der Waals surface area contributed by atoms with Crippen molar-refractivity contribution >= 4 is 5.84 Å². The molecule has 0 aliphatic rings. The Morgan fingerprint density at radius 1 is 1.29 bits per heavy atom. The van der Waals surface area contributed by atoms with E-state index in [2.05, 4.69) is 10.1 Å². The number of methoxy groups -OCH3 is 1. The van der Waals surface area contributed by atoms with Gasteiger partial charge in [-0.25, -0.2) is 0 Å². The van der Waals surface area contributed by atoms with Crippen molar-refractivity contribution in [3.05, 3.63) is 53.3 Å². The molecule has 0 saturated carbocycles. The van der Waals surface area contributed by atoms with E-state index in [4.69, 9.17) is 20.4 Å². The summed E-state index contributed by atoms with van der Waals surface area (Å²) in [6.07, 6.45) is 0. The first-order valence-electron chi connectivity index (χ1n) is 6.35. The summed E-state index contributed by atoms with van der Waals surface area (Å²) >= 11 is 0. The van der Waals surface area contributed by atoms with Crippen LogP contribution in [-0.4, -0.2) is 23.1 Å². The Morgan fingerprint density at radius 2 is 2.10 bits per heavy atom. The van der Waals surface area contributed by atoms with E-state index < -0.39 is 0 Å². The monoisotopic (exact) mass is 287 g/mol. The summed E-state index contributed by atoms with van der Waals surface area (Å²) in [5.74, 6) is 1.09. The van der Waals surface area contributed by atoms with E-state index in [1.165, 1.54) is 7.11 Å². The van der Waals surface area contributed by atoms with Gasteiger partial charge in [-0.3, -0.25) is 4.98 Å². The van der Waals surface area contributed by atoms with E-state index in [0.29, 0.717) is 23.7 Å². The Morgan fingerprint density at radius 3 is 2.76 bits per heavy atom. The van der Waals surface area contributed by atoms with E-state index in [1.54, 1.807) is 18.2 Å². The molecule has 0 amide bonds.